The van der Waals surface area contributed by atoms with Crippen molar-refractivity contribution >= 4 is 44.0 Å². The molecule has 3 heterocycles. The first-order valence-electron chi connectivity index (χ1n) is 10.00. The van der Waals surface area contributed by atoms with Gasteiger partial charge in [-0.1, -0.05) is 18.2 Å². The van der Waals surface area contributed by atoms with E-state index in [1.165, 1.54) is 0 Å². The van der Waals surface area contributed by atoms with E-state index < -0.39 is 6.10 Å². The van der Waals surface area contributed by atoms with Crippen LogP contribution < -0.4 is 15.6 Å². The summed E-state index contributed by atoms with van der Waals surface area (Å²) < 4.78 is 7.62. The highest BCUT2D eigenvalue weighted by Crippen LogP contribution is 2.34. The second kappa shape index (κ2) is 6.69. The summed E-state index contributed by atoms with van der Waals surface area (Å²) in [7, 11) is 0. The molecule has 0 aliphatic heterocycles. The fourth-order valence-corrected chi connectivity index (χ4v) is 4.08. The zero-order valence-corrected chi connectivity index (χ0v) is 17.0. The standard InChI is InChI=1S/C24H21N3O3/c1-13(2)26-23(28)14(3)30-15-8-9-20-19(12-15)17-10-11-25-21-16-6-4-5-7-18(16)24(29)27(20)22(17)21/h4-14H,1-3H3,(H,26,28). The number of nitrogens with one attached hydrogen (secondary N) is 1. The van der Waals surface area contributed by atoms with Crippen LogP contribution in [0.1, 0.15) is 20.8 Å². The molecule has 5 rings (SSSR count). The predicted molar refractivity (Wildman–Crippen MR) is 119 cm³/mol. The highest BCUT2D eigenvalue weighted by Gasteiger charge is 2.19. The van der Waals surface area contributed by atoms with Crippen LogP contribution in [0, 0.1) is 0 Å². The highest BCUT2D eigenvalue weighted by molar-refractivity contribution is 6.18. The minimum Gasteiger partial charge on any atom is -0.481 e. The number of carbonyl (C=O) groups is 1. The van der Waals surface area contributed by atoms with Gasteiger partial charge in [0, 0.05) is 33.8 Å². The first-order chi connectivity index (χ1) is 14.5. The van der Waals surface area contributed by atoms with E-state index in [1.54, 1.807) is 23.6 Å². The van der Waals surface area contributed by atoms with Crippen molar-refractivity contribution in [1.82, 2.24) is 14.7 Å². The number of hydrogen-bond donors (Lipinski definition) is 1. The van der Waals surface area contributed by atoms with Crippen LogP contribution in [-0.4, -0.2) is 27.4 Å². The molecule has 2 aromatic carbocycles. The Labute approximate surface area is 172 Å². The molecule has 1 amide bonds. The molecule has 6 heteroatoms. The van der Waals surface area contributed by atoms with E-state index in [2.05, 4.69) is 10.3 Å². The van der Waals surface area contributed by atoms with Crippen LogP contribution in [0.4, 0.5) is 0 Å². The van der Waals surface area contributed by atoms with Crippen molar-refractivity contribution in [2.45, 2.75) is 32.9 Å². The van der Waals surface area contributed by atoms with Crippen LogP contribution >= 0.6 is 0 Å². The smallest absolute Gasteiger partial charge is 0.263 e. The second-order valence-electron chi connectivity index (χ2n) is 7.84. The van der Waals surface area contributed by atoms with Crippen molar-refractivity contribution < 1.29 is 9.53 Å². The summed E-state index contributed by atoms with van der Waals surface area (Å²) in [4.78, 5) is 30.1. The number of carbonyl (C=O) groups excluding carboxylic acids is 1. The zero-order valence-electron chi connectivity index (χ0n) is 17.0. The third kappa shape index (κ3) is 2.68. The summed E-state index contributed by atoms with van der Waals surface area (Å²) in [6, 6.07) is 15.1. The Bertz CT molecular complexity index is 1490. The predicted octanol–water partition coefficient (Wildman–Crippen LogP) is 3.88. The number of hydrogen-bond acceptors (Lipinski definition) is 4. The van der Waals surface area contributed by atoms with Crippen molar-refractivity contribution in [2.24, 2.45) is 0 Å². The van der Waals surface area contributed by atoms with Crippen molar-refractivity contribution in [3.05, 3.63) is 65.1 Å². The third-order valence-electron chi connectivity index (χ3n) is 5.38. The van der Waals surface area contributed by atoms with Crippen molar-refractivity contribution in [3.8, 4) is 5.75 Å². The molecule has 0 saturated heterocycles. The Kier molecular flexibility index (Phi) is 4.10. The number of fused-ring (bicyclic) bond motifs is 5. The third-order valence-corrected chi connectivity index (χ3v) is 5.38. The van der Waals surface area contributed by atoms with Gasteiger partial charge in [-0.25, -0.2) is 0 Å². The van der Waals surface area contributed by atoms with Crippen molar-refractivity contribution in [2.75, 3.05) is 0 Å². The normalized spacial score (nSPS) is 12.9. The molecule has 0 saturated carbocycles. The Morgan fingerprint density at radius 3 is 2.53 bits per heavy atom. The maximum atomic E-state index is 13.3. The van der Waals surface area contributed by atoms with Gasteiger partial charge in [-0.15, -0.1) is 0 Å². The van der Waals surface area contributed by atoms with Crippen LogP contribution in [0.25, 0.3) is 38.1 Å². The van der Waals surface area contributed by atoms with Gasteiger partial charge in [0.05, 0.1) is 16.6 Å². The Morgan fingerprint density at radius 1 is 1.00 bits per heavy atom. The largest absolute Gasteiger partial charge is 0.481 e. The maximum Gasteiger partial charge on any atom is 0.263 e. The zero-order chi connectivity index (χ0) is 21.0. The molecule has 0 aliphatic rings. The lowest BCUT2D eigenvalue weighted by atomic mass is 10.1. The average Bonchev–Trinajstić information content (AvgIpc) is 3.06. The molecule has 1 atom stereocenters. The lowest BCUT2D eigenvalue weighted by molar-refractivity contribution is -0.127. The summed E-state index contributed by atoms with van der Waals surface area (Å²) in [6.07, 6.45) is 1.14. The first-order valence-corrected chi connectivity index (χ1v) is 10.00. The topological polar surface area (TPSA) is 72.7 Å². The van der Waals surface area contributed by atoms with E-state index in [-0.39, 0.29) is 17.5 Å². The van der Waals surface area contributed by atoms with Gasteiger partial charge < -0.3 is 10.1 Å². The average molecular weight is 399 g/mol. The van der Waals surface area contributed by atoms with Crippen LogP contribution in [0.15, 0.2) is 59.5 Å². The van der Waals surface area contributed by atoms with Crippen molar-refractivity contribution in [1.29, 1.82) is 0 Å². The SMILES string of the molecule is CC(C)NC(=O)C(C)Oc1ccc2c(c1)c1ccnc3c4ccccc4c(=O)n2c13. The fraction of sp³-hybridized carbons (Fsp3) is 0.208. The van der Waals surface area contributed by atoms with Crippen LogP contribution in [0.2, 0.25) is 0 Å². The maximum absolute atomic E-state index is 13.3. The lowest BCUT2D eigenvalue weighted by Crippen LogP contribution is -2.40. The van der Waals surface area contributed by atoms with Gasteiger partial charge in [0.25, 0.3) is 11.5 Å². The highest BCUT2D eigenvalue weighted by atomic mass is 16.5. The lowest BCUT2D eigenvalue weighted by Gasteiger charge is -2.16. The van der Waals surface area contributed by atoms with Gasteiger partial charge >= 0.3 is 0 Å². The molecule has 1 unspecified atom stereocenters. The van der Waals surface area contributed by atoms with Gasteiger partial charge in [0.1, 0.15) is 5.75 Å². The number of pyridine rings is 2. The number of benzene rings is 2. The number of ether oxygens (including phenoxy) is 1. The molecule has 6 nitrogen and oxygen atoms in total. The monoisotopic (exact) mass is 399 g/mol. The molecule has 0 aliphatic carbocycles. The van der Waals surface area contributed by atoms with Crippen LogP contribution in [0.3, 0.4) is 0 Å². The van der Waals surface area contributed by atoms with Crippen molar-refractivity contribution in [3.63, 3.8) is 0 Å². The molecule has 1 N–H and O–H groups in total. The molecule has 3 aromatic heterocycles. The van der Waals surface area contributed by atoms with Gasteiger partial charge in [-0.2, -0.15) is 0 Å². The quantitative estimate of drug-likeness (QED) is 0.466. The summed E-state index contributed by atoms with van der Waals surface area (Å²) in [5, 5.41) is 6.17. The van der Waals surface area contributed by atoms with E-state index >= 15 is 0 Å². The fourth-order valence-electron chi connectivity index (χ4n) is 4.08. The number of aromatic nitrogens is 2. The van der Waals surface area contributed by atoms with Crippen LogP contribution in [0.5, 0.6) is 5.75 Å². The van der Waals surface area contributed by atoms with Gasteiger partial charge in [0.2, 0.25) is 0 Å². The molecular weight excluding hydrogens is 378 g/mol. The van der Waals surface area contributed by atoms with E-state index in [0.29, 0.717) is 11.1 Å². The van der Waals surface area contributed by atoms with E-state index in [9.17, 15) is 9.59 Å². The molecule has 150 valence electrons. The summed E-state index contributed by atoms with van der Waals surface area (Å²) in [6.45, 7) is 5.54. The molecule has 5 aromatic rings. The number of rotatable bonds is 4. The summed E-state index contributed by atoms with van der Waals surface area (Å²) in [5.41, 5.74) is 2.33. The number of amides is 1. The van der Waals surface area contributed by atoms with Gasteiger partial charge in [-0.3, -0.25) is 19.0 Å². The van der Waals surface area contributed by atoms with E-state index in [1.807, 2.05) is 56.3 Å². The number of nitrogens with zero attached hydrogens (tertiary/aromatic N) is 2. The molecule has 0 spiro atoms. The Balaban J connectivity index is 1.72. The van der Waals surface area contributed by atoms with Gasteiger partial charge in [-0.05, 0) is 51.1 Å². The Morgan fingerprint density at radius 2 is 1.77 bits per heavy atom. The van der Waals surface area contributed by atoms with Crippen LogP contribution in [-0.2, 0) is 4.79 Å². The molecule has 0 fully saturated rings. The minimum absolute atomic E-state index is 0.0455. The van der Waals surface area contributed by atoms with E-state index in [4.69, 9.17) is 4.74 Å². The minimum atomic E-state index is -0.628. The van der Waals surface area contributed by atoms with Gasteiger partial charge in [0.15, 0.2) is 6.10 Å². The first kappa shape index (κ1) is 18.4. The molecule has 0 bridgehead atoms. The second-order valence-corrected chi connectivity index (χ2v) is 7.84. The summed E-state index contributed by atoms with van der Waals surface area (Å²) in [5.74, 6) is 0.415. The molecule has 0 radical (unpaired) electrons. The Hall–Kier alpha value is -3.67. The van der Waals surface area contributed by atoms with E-state index in [0.717, 1.165) is 32.7 Å². The molecular formula is C24H21N3O3. The molecule has 30 heavy (non-hydrogen) atoms. The summed E-state index contributed by atoms with van der Waals surface area (Å²) >= 11 is 0.